The molecule has 0 bridgehead atoms. The molecule has 1 aromatic rings. The van der Waals surface area contributed by atoms with Crippen molar-refractivity contribution in [1.82, 2.24) is 4.31 Å². The number of hydrogen-bond donors (Lipinski definition) is 1. The zero-order chi connectivity index (χ0) is 14.8. The maximum atomic E-state index is 12.5. The Morgan fingerprint density at radius 2 is 2.05 bits per heavy atom. The molecule has 0 spiro atoms. The zero-order valence-corrected chi connectivity index (χ0v) is 13.7. The molecule has 0 saturated carbocycles. The van der Waals surface area contributed by atoms with Gasteiger partial charge in [-0.3, -0.25) is 0 Å². The molecule has 0 radical (unpaired) electrons. The maximum Gasteiger partial charge on any atom is 0.242 e. The number of nitrogens with zero attached hydrogens (tertiary/aromatic N) is 1. The van der Waals surface area contributed by atoms with Crippen molar-refractivity contribution in [3.8, 4) is 0 Å². The maximum absolute atomic E-state index is 12.5. The summed E-state index contributed by atoms with van der Waals surface area (Å²) in [5.74, 6) is 0. The molecule has 112 valence electrons. The van der Waals surface area contributed by atoms with Crippen LogP contribution in [0.5, 0.6) is 0 Å². The Hall–Kier alpha value is -0.470. The van der Waals surface area contributed by atoms with Crippen LogP contribution in [0.25, 0.3) is 0 Å². The highest BCUT2D eigenvalue weighted by molar-refractivity contribution is 9.10. The largest absolute Gasteiger partial charge is 0.388 e. The Balaban J connectivity index is 2.17. The van der Waals surface area contributed by atoms with Crippen LogP contribution in [0, 0.1) is 0 Å². The minimum absolute atomic E-state index is 0.0746. The van der Waals surface area contributed by atoms with E-state index in [9.17, 15) is 13.5 Å². The van der Waals surface area contributed by atoms with Gasteiger partial charge in [0.05, 0.1) is 10.5 Å². The van der Waals surface area contributed by atoms with Gasteiger partial charge in [0, 0.05) is 44.1 Å². The minimum Gasteiger partial charge on any atom is -0.388 e. The molecular weight excluding hydrogens is 346 g/mol. The summed E-state index contributed by atoms with van der Waals surface area (Å²) in [6, 6.07) is 6.55. The number of benzene rings is 1. The van der Waals surface area contributed by atoms with E-state index < -0.39 is 15.6 Å². The summed E-state index contributed by atoms with van der Waals surface area (Å²) < 4.78 is 32.0. The predicted octanol–water partition coefficient (Wildman–Crippen LogP) is 1.61. The molecule has 20 heavy (non-hydrogen) atoms. The summed E-state index contributed by atoms with van der Waals surface area (Å²) in [4.78, 5) is 0.213. The molecule has 1 saturated heterocycles. The first-order valence-corrected chi connectivity index (χ1v) is 8.59. The lowest BCUT2D eigenvalue weighted by atomic mass is 9.95. The van der Waals surface area contributed by atoms with Crippen LogP contribution in [0.2, 0.25) is 0 Å². The molecule has 2 rings (SSSR count). The van der Waals surface area contributed by atoms with Crippen LogP contribution < -0.4 is 0 Å². The molecule has 1 fully saturated rings. The first-order chi connectivity index (χ1) is 9.33. The number of ether oxygens (including phenoxy) is 1. The molecule has 0 unspecified atom stereocenters. The molecule has 5 nitrogen and oxygen atoms in total. The van der Waals surface area contributed by atoms with Crippen LogP contribution in [0.3, 0.4) is 0 Å². The average Bonchev–Trinajstić information content (AvgIpc) is 2.39. The van der Waals surface area contributed by atoms with Gasteiger partial charge in [0.15, 0.2) is 0 Å². The monoisotopic (exact) mass is 363 g/mol. The molecule has 1 aliphatic rings. The van der Waals surface area contributed by atoms with E-state index in [1.807, 2.05) is 0 Å². The van der Waals surface area contributed by atoms with Crippen molar-refractivity contribution in [1.29, 1.82) is 0 Å². The van der Waals surface area contributed by atoms with Crippen LogP contribution in [0.15, 0.2) is 33.6 Å². The summed E-state index contributed by atoms with van der Waals surface area (Å²) >= 11 is 3.26. The van der Waals surface area contributed by atoms with Crippen molar-refractivity contribution >= 4 is 26.0 Å². The predicted molar refractivity (Wildman–Crippen MR) is 79.0 cm³/mol. The molecule has 0 aromatic heterocycles. The second-order valence-corrected chi connectivity index (χ2v) is 8.02. The minimum atomic E-state index is -3.60. The molecular formula is C13H18BrNO4S. The van der Waals surface area contributed by atoms with E-state index >= 15 is 0 Å². The standard InChI is InChI=1S/C13H18BrNO4S/c1-15(10-13(16)5-7-19-8-6-13)20(17,18)12-4-2-3-11(14)9-12/h2-4,9,16H,5-8,10H2,1H3. The van der Waals surface area contributed by atoms with Crippen molar-refractivity contribution in [2.24, 2.45) is 0 Å². The van der Waals surface area contributed by atoms with Gasteiger partial charge in [-0.1, -0.05) is 22.0 Å². The highest BCUT2D eigenvalue weighted by Gasteiger charge is 2.34. The molecule has 0 atom stereocenters. The van der Waals surface area contributed by atoms with E-state index in [4.69, 9.17) is 4.74 Å². The van der Waals surface area contributed by atoms with E-state index in [1.165, 1.54) is 11.4 Å². The molecule has 1 aromatic carbocycles. The Morgan fingerprint density at radius 3 is 2.65 bits per heavy atom. The van der Waals surface area contributed by atoms with Gasteiger partial charge in [0.2, 0.25) is 10.0 Å². The van der Waals surface area contributed by atoms with Gasteiger partial charge in [0.1, 0.15) is 0 Å². The van der Waals surface area contributed by atoms with Crippen LogP contribution in [-0.2, 0) is 14.8 Å². The van der Waals surface area contributed by atoms with Gasteiger partial charge in [-0.15, -0.1) is 0 Å². The van der Waals surface area contributed by atoms with E-state index in [-0.39, 0.29) is 11.4 Å². The van der Waals surface area contributed by atoms with Gasteiger partial charge in [0.25, 0.3) is 0 Å². The van der Waals surface area contributed by atoms with E-state index in [0.29, 0.717) is 30.5 Å². The van der Waals surface area contributed by atoms with Crippen LogP contribution in [-0.4, -0.2) is 50.2 Å². The van der Waals surface area contributed by atoms with Gasteiger partial charge >= 0.3 is 0 Å². The molecule has 1 aliphatic heterocycles. The summed E-state index contributed by atoms with van der Waals surface area (Å²) in [7, 11) is -2.11. The third kappa shape index (κ3) is 3.59. The summed E-state index contributed by atoms with van der Waals surface area (Å²) in [6.45, 7) is 0.994. The Bertz CT molecular complexity index is 569. The lowest BCUT2D eigenvalue weighted by Crippen LogP contribution is -2.47. The number of halogens is 1. The first kappa shape index (κ1) is 15.9. The smallest absolute Gasteiger partial charge is 0.242 e. The van der Waals surface area contributed by atoms with E-state index in [2.05, 4.69) is 15.9 Å². The summed E-state index contributed by atoms with van der Waals surface area (Å²) in [5.41, 5.74) is -1.01. The van der Waals surface area contributed by atoms with Crippen molar-refractivity contribution in [3.05, 3.63) is 28.7 Å². The van der Waals surface area contributed by atoms with Crippen LogP contribution >= 0.6 is 15.9 Å². The number of aliphatic hydroxyl groups is 1. The number of rotatable bonds is 4. The number of hydrogen-bond acceptors (Lipinski definition) is 4. The quantitative estimate of drug-likeness (QED) is 0.882. The molecule has 1 N–H and O–H groups in total. The van der Waals surface area contributed by atoms with Gasteiger partial charge in [-0.25, -0.2) is 8.42 Å². The van der Waals surface area contributed by atoms with Crippen molar-refractivity contribution in [2.45, 2.75) is 23.3 Å². The Labute approximate surface area is 127 Å². The topological polar surface area (TPSA) is 66.8 Å². The summed E-state index contributed by atoms with van der Waals surface area (Å²) in [5, 5.41) is 10.4. The normalized spacial score (nSPS) is 19.2. The molecule has 0 aliphatic carbocycles. The van der Waals surface area contributed by atoms with Crippen molar-refractivity contribution in [3.63, 3.8) is 0 Å². The average molecular weight is 364 g/mol. The van der Waals surface area contributed by atoms with Crippen LogP contribution in [0.4, 0.5) is 0 Å². The Morgan fingerprint density at radius 1 is 1.40 bits per heavy atom. The fraction of sp³-hybridized carbons (Fsp3) is 0.538. The van der Waals surface area contributed by atoms with Gasteiger partial charge < -0.3 is 9.84 Å². The number of sulfonamides is 1. The summed E-state index contributed by atoms with van der Waals surface area (Å²) in [6.07, 6.45) is 0.899. The van der Waals surface area contributed by atoms with Gasteiger partial charge in [-0.05, 0) is 18.2 Å². The third-order valence-electron chi connectivity index (χ3n) is 3.44. The SMILES string of the molecule is CN(CC1(O)CCOCC1)S(=O)(=O)c1cccc(Br)c1. The fourth-order valence-electron chi connectivity index (χ4n) is 2.22. The van der Waals surface area contributed by atoms with Crippen molar-refractivity contribution < 1.29 is 18.3 Å². The second kappa shape index (κ2) is 6.11. The third-order valence-corrected chi connectivity index (χ3v) is 5.74. The highest BCUT2D eigenvalue weighted by atomic mass is 79.9. The fourth-order valence-corrected chi connectivity index (χ4v) is 4.06. The Kier molecular flexibility index (Phi) is 4.86. The molecule has 1 heterocycles. The van der Waals surface area contributed by atoms with E-state index in [0.717, 1.165) is 0 Å². The van der Waals surface area contributed by atoms with E-state index in [1.54, 1.807) is 24.3 Å². The molecule has 0 amide bonds. The van der Waals surface area contributed by atoms with Gasteiger partial charge in [-0.2, -0.15) is 4.31 Å². The molecule has 7 heteroatoms. The highest BCUT2D eigenvalue weighted by Crippen LogP contribution is 2.25. The second-order valence-electron chi connectivity index (χ2n) is 5.06. The van der Waals surface area contributed by atoms with Crippen molar-refractivity contribution in [2.75, 3.05) is 26.8 Å². The lowest BCUT2D eigenvalue weighted by Gasteiger charge is -2.35. The lowest BCUT2D eigenvalue weighted by molar-refractivity contribution is -0.0689. The first-order valence-electron chi connectivity index (χ1n) is 6.36. The van der Waals surface area contributed by atoms with Crippen LogP contribution in [0.1, 0.15) is 12.8 Å². The number of likely N-dealkylation sites (N-methyl/N-ethyl adjacent to an activating group) is 1. The zero-order valence-electron chi connectivity index (χ0n) is 11.3.